The third-order valence-electron chi connectivity index (χ3n) is 12.6. The fourth-order valence-corrected chi connectivity index (χ4v) is 9.69. The van der Waals surface area contributed by atoms with Crippen LogP contribution in [-0.2, 0) is 5.41 Å². The number of hydrogen-bond donors (Lipinski definition) is 0. The number of fused-ring (bicyclic) bond motifs is 3. The van der Waals surface area contributed by atoms with Crippen LogP contribution in [0.2, 0.25) is 0 Å². The summed E-state index contributed by atoms with van der Waals surface area (Å²) in [7, 11) is 0. The van der Waals surface area contributed by atoms with Crippen LogP contribution < -0.4 is 4.90 Å². The molecule has 0 fully saturated rings. The average molecular weight is 790 g/mol. The molecule has 1 heteroatoms. The zero-order chi connectivity index (χ0) is 41.3. The van der Waals surface area contributed by atoms with E-state index in [2.05, 4.69) is 266 Å². The van der Waals surface area contributed by atoms with Crippen LogP contribution in [0.1, 0.15) is 22.3 Å². The summed E-state index contributed by atoms with van der Waals surface area (Å²) in [4.78, 5) is 2.35. The lowest BCUT2D eigenvalue weighted by Crippen LogP contribution is -2.28. The molecule has 1 aliphatic carbocycles. The number of hydrogen-bond acceptors (Lipinski definition) is 1. The molecule has 0 N–H and O–H groups in total. The number of benzene rings is 10. The first-order chi connectivity index (χ1) is 30.8. The van der Waals surface area contributed by atoms with Crippen molar-refractivity contribution >= 4 is 17.1 Å². The van der Waals surface area contributed by atoms with Crippen molar-refractivity contribution in [1.29, 1.82) is 0 Å². The highest BCUT2D eigenvalue weighted by Crippen LogP contribution is 2.59. The van der Waals surface area contributed by atoms with Gasteiger partial charge in [0.05, 0.1) is 5.41 Å². The minimum atomic E-state index is -0.511. The molecular weight excluding hydrogens is 747 g/mol. The Morgan fingerprint density at radius 1 is 0.242 bits per heavy atom. The third-order valence-corrected chi connectivity index (χ3v) is 12.6. The van der Waals surface area contributed by atoms with Crippen molar-refractivity contribution < 1.29 is 0 Å². The molecule has 10 aromatic rings. The van der Waals surface area contributed by atoms with Crippen LogP contribution in [0.3, 0.4) is 0 Å². The highest BCUT2D eigenvalue weighted by molar-refractivity contribution is 5.96. The van der Waals surface area contributed by atoms with Crippen molar-refractivity contribution in [3.63, 3.8) is 0 Å². The van der Waals surface area contributed by atoms with Gasteiger partial charge in [-0.1, -0.05) is 218 Å². The summed E-state index contributed by atoms with van der Waals surface area (Å²) in [6.07, 6.45) is 0. The Kier molecular flexibility index (Phi) is 9.48. The van der Waals surface area contributed by atoms with Crippen LogP contribution in [0, 0.1) is 0 Å². The molecule has 0 aliphatic heterocycles. The van der Waals surface area contributed by atoms with E-state index >= 15 is 0 Å². The molecule has 0 amide bonds. The molecule has 0 saturated heterocycles. The number of anilines is 3. The normalized spacial score (nSPS) is 12.3. The lowest BCUT2D eigenvalue weighted by molar-refractivity contribution is 0.769. The molecule has 0 heterocycles. The van der Waals surface area contributed by atoms with E-state index in [0.29, 0.717) is 0 Å². The summed E-state index contributed by atoms with van der Waals surface area (Å²) < 4.78 is 0. The molecular formula is C61H43N. The standard InChI is InChI=1S/C61H43N/c1-6-17-44(18-7-1)46-29-36-53(37-30-46)62(54-38-31-47(32-39-54)45-19-8-2-9-20-45)55-40-33-48(34-41-55)50-35-42-57-59(43-50)61(51-23-12-4-13-24-51,52-25-14-5-15-26-52)58-28-16-27-56(60(57)58)49-21-10-3-11-22-49/h1-43H. The van der Waals surface area contributed by atoms with E-state index in [9.17, 15) is 0 Å². The Labute approximate surface area is 364 Å². The van der Waals surface area contributed by atoms with E-state index in [1.165, 1.54) is 77.9 Å². The first kappa shape index (κ1) is 37.0. The Balaban J connectivity index is 1.04. The maximum atomic E-state index is 2.46. The summed E-state index contributed by atoms with van der Waals surface area (Å²) >= 11 is 0. The van der Waals surface area contributed by atoms with Crippen molar-refractivity contribution in [2.45, 2.75) is 5.41 Å². The van der Waals surface area contributed by atoms with E-state index in [1.807, 2.05) is 0 Å². The van der Waals surface area contributed by atoms with Gasteiger partial charge < -0.3 is 4.90 Å². The Morgan fingerprint density at radius 2 is 0.613 bits per heavy atom. The summed E-state index contributed by atoms with van der Waals surface area (Å²) in [6, 6.07) is 95.1. The van der Waals surface area contributed by atoms with Gasteiger partial charge in [0.15, 0.2) is 0 Å². The number of rotatable bonds is 9. The molecule has 0 aromatic heterocycles. The van der Waals surface area contributed by atoms with Crippen LogP contribution in [0.25, 0.3) is 55.6 Å². The topological polar surface area (TPSA) is 3.24 Å². The van der Waals surface area contributed by atoms with Crippen molar-refractivity contribution in [2.75, 3.05) is 4.90 Å². The molecule has 0 spiro atoms. The van der Waals surface area contributed by atoms with Gasteiger partial charge in [0.1, 0.15) is 0 Å². The molecule has 11 rings (SSSR count). The van der Waals surface area contributed by atoms with Gasteiger partial charge in [0.2, 0.25) is 0 Å². The van der Waals surface area contributed by atoms with Gasteiger partial charge in [0.25, 0.3) is 0 Å². The molecule has 0 atom stereocenters. The second-order valence-corrected chi connectivity index (χ2v) is 16.0. The highest BCUT2D eigenvalue weighted by atomic mass is 15.1. The van der Waals surface area contributed by atoms with E-state index in [4.69, 9.17) is 0 Å². The van der Waals surface area contributed by atoms with E-state index in [0.717, 1.165) is 17.1 Å². The largest absolute Gasteiger partial charge is 0.311 e. The van der Waals surface area contributed by atoms with Crippen LogP contribution in [0.5, 0.6) is 0 Å². The van der Waals surface area contributed by atoms with Crippen molar-refractivity contribution in [3.05, 3.63) is 283 Å². The monoisotopic (exact) mass is 789 g/mol. The molecule has 0 unspecified atom stereocenters. The van der Waals surface area contributed by atoms with Gasteiger partial charge in [-0.3, -0.25) is 0 Å². The first-order valence-electron chi connectivity index (χ1n) is 21.4. The summed E-state index contributed by atoms with van der Waals surface area (Å²) in [5.41, 5.74) is 20.1. The smallest absolute Gasteiger partial charge is 0.0714 e. The molecule has 0 radical (unpaired) electrons. The minimum Gasteiger partial charge on any atom is -0.311 e. The highest BCUT2D eigenvalue weighted by Gasteiger charge is 2.47. The van der Waals surface area contributed by atoms with Crippen molar-refractivity contribution in [1.82, 2.24) is 0 Å². The van der Waals surface area contributed by atoms with E-state index < -0.39 is 5.41 Å². The fraction of sp³-hybridized carbons (Fsp3) is 0.0164. The molecule has 1 nitrogen and oxygen atoms in total. The summed E-state index contributed by atoms with van der Waals surface area (Å²) in [6.45, 7) is 0. The number of nitrogens with zero attached hydrogens (tertiary/aromatic N) is 1. The van der Waals surface area contributed by atoms with Crippen LogP contribution >= 0.6 is 0 Å². The predicted octanol–water partition coefficient (Wildman–Crippen LogP) is 16.2. The second-order valence-electron chi connectivity index (χ2n) is 16.0. The van der Waals surface area contributed by atoms with Crippen molar-refractivity contribution in [2.24, 2.45) is 0 Å². The Hall–Kier alpha value is -8.00. The van der Waals surface area contributed by atoms with E-state index in [1.54, 1.807) is 0 Å². The molecule has 0 saturated carbocycles. The average Bonchev–Trinajstić information content (AvgIpc) is 3.67. The summed E-state index contributed by atoms with van der Waals surface area (Å²) in [5.74, 6) is 0. The SMILES string of the molecule is c1ccc(-c2ccc(N(c3ccc(-c4ccccc4)cc3)c3ccc(-c4ccc5c(c4)C(c4ccccc4)(c4ccccc4)c4cccc(-c6ccccc6)c4-5)cc3)cc2)cc1. The molecule has 62 heavy (non-hydrogen) atoms. The quantitative estimate of drug-likeness (QED) is 0.141. The fourth-order valence-electron chi connectivity index (χ4n) is 9.69. The van der Waals surface area contributed by atoms with Gasteiger partial charge in [-0.25, -0.2) is 0 Å². The van der Waals surface area contributed by atoms with Gasteiger partial charge in [-0.05, 0) is 120 Å². The zero-order valence-electron chi connectivity index (χ0n) is 34.3. The van der Waals surface area contributed by atoms with Gasteiger partial charge in [0, 0.05) is 17.1 Å². The Morgan fingerprint density at radius 3 is 1.06 bits per heavy atom. The maximum absolute atomic E-state index is 2.46. The second kappa shape index (κ2) is 15.9. The van der Waals surface area contributed by atoms with Gasteiger partial charge in [-0.15, -0.1) is 0 Å². The minimum absolute atomic E-state index is 0.511. The van der Waals surface area contributed by atoms with Crippen LogP contribution in [0.15, 0.2) is 261 Å². The van der Waals surface area contributed by atoms with Gasteiger partial charge in [-0.2, -0.15) is 0 Å². The van der Waals surface area contributed by atoms with E-state index in [-0.39, 0.29) is 0 Å². The van der Waals surface area contributed by atoms with Gasteiger partial charge >= 0.3 is 0 Å². The molecule has 0 bridgehead atoms. The Bertz CT molecular complexity index is 2980. The lowest BCUT2D eigenvalue weighted by atomic mass is 9.67. The first-order valence-corrected chi connectivity index (χ1v) is 21.4. The molecule has 292 valence electrons. The lowest BCUT2D eigenvalue weighted by Gasteiger charge is -2.34. The van der Waals surface area contributed by atoms with Crippen molar-refractivity contribution in [3.8, 4) is 55.6 Å². The van der Waals surface area contributed by atoms with Crippen LogP contribution in [0.4, 0.5) is 17.1 Å². The zero-order valence-corrected chi connectivity index (χ0v) is 34.3. The summed E-state index contributed by atoms with van der Waals surface area (Å²) in [5, 5.41) is 0. The predicted molar refractivity (Wildman–Crippen MR) is 260 cm³/mol. The molecule has 1 aliphatic rings. The maximum Gasteiger partial charge on any atom is 0.0714 e. The third kappa shape index (κ3) is 6.43. The van der Waals surface area contributed by atoms with Crippen LogP contribution in [-0.4, -0.2) is 0 Å². The molecule has 10 aromatic carbocycles.